The van der Waals surface area contributed by atoms with Gasteiger partial charge in [0, 0.05) is 23.7 Å². The molecule has 0 saturated heterocycles. The number of nitrogens with zero attached hydrogens (tertiary/aromatic N) is 2. The van der Waals surface area contributed by atoms with E-state index in [9.17, 15) is 23.1 Å². The monoisotopic (exact) mass is 408 g/mol. The van der Waals surface area contributed by atoms with Crippen LogP contribution in [0, 0.1) is 0 Å². The number of hydrogen-bond acceptors (Lipinski definition) is 2. The van der Waals surface area contributed by atoms with Gasteiger partial charge in [0.05, 0.1) is 5.56 Å². The van der Waals surface area contributed by atoms with E-state index in [0.717, 1.165) is 25.0 Å². The van der Waals surface area contributed by atoms with Crippen LogP contribution in [0.15, 0.2) is 47.3 Å². The Morgan fingerprint density at radius 2 is 1.54 bits per heavy atom. The molecule has 0 saturated carbocycles. The van der Waals surface area contributed by atoms with Gasteiger partial charge in [0.1, 0.15) is 5.56 Å². The Morgan fingerprint density at radius 1 is 0.929 bits per heavy atom. The zero-order chi connectivity index (χ0) is 20.1. The van der Waals surface area contributed by atoms with E-state index in [2.05, 4.69) is 0 Å². The lowest BCUT2D eigenvalue weighted by Crippen LogP contribution is -2.27. The molecule has 1 aliphatic rings. The molecule has 1 N–H and O–H groups in total. The van der Waals surface area contributed by atoms with Crippen molar-refractivity contribution in [1.82, 2.24) is 9.36 Å². The Balaban J connectivity index is 1.81. The lowest BCUT2D eigenvalue weighted by atomic mass is 9.99. The largest absolute Gasteiger partial charge is 0.493 e. The summed E-state index contributed by atoms with van der Waals surface area (Å²) in [5.41, 5.74) is 0.553. The van der Waals surface area contributed by atoms with Crippen molar-refractivity contribution in [3.63, 3.8) is 0 Å². The third-order valence-electron chi connectivity index (χ3n) is 4.98. The number of aromatic nitrogens is 2. The number of aromatic hydroxyl groups is 1. The Bertz CT molecular complexity index is 1100. The first-order valence-corrected chi connectivity index (χ1v) is 9.15. The summed E-state index contributed by atoms with van der Waals surface area (Å²) < 4.78 is 41.4. The second-order valence-corrected chi connectivity index (χ2v) is 7.13. The molecule has 2 heterocycles. The van der Waals surface area contributed by atoms with Crippen LogP contribution in [-0.2, 0) is 19.3 Å². The van der Waals surface area contributed by atoms with Crippen molar-refractivity contribution in [1.29, 1.82) is 0 Å². The van der Waals surface area contributed by atoms with Gasteiger partial charge in [-0.2, -0.15) is 13.2 Å². The molecule has 28 heavy (non-hydrogen) atoms. The molecule has 0 atom stereocenters. The molecule has 2 aromatic carbocycles. The van der Waals surface area contributed by atoms with Gasteiger partial charge < -0.3 is 5.11 Å². The molecule has 0 aliphatic carbocycles. The summed E-state index contributed by atoms with van der Waals surface area (Å²) in [7, 11) is 0. The minimum Gasteiger partial charge on any atom is -0.493 e. The van der Waals surface area contributed by atoms with Crippen molar-refractivity contribution in [3.05, 3.63) is 63.4 Å². The van der Waals surface area contributed by atoms with Gasteiger partial charge >= 0.3 is 6.18 Å². The van der Waals surface area contributed by atoms with Gasteiger partial charge in [-0.15, -0.1) is 0 Å². The Labute approximate surface area is 163 Å². The van der Waals surface area contributed by atoms with Crippen LogP contribution in [0.1, 0.15) is 18.4 Å². The van der Waals surface area contributed by atoms with Crippen LogP contribution in [0.2, 0.25) is 5.02 Å². The molecule has 0 amide bonds. The fraction of sp³-hybridized carbons (Fsp3) is 0.250. The molecule has 0 unspecified atom stereocenters. The third-order valence-corrected chi connectivity index (χ3v) is 5.31. The summed E-state index contributed by atoms with van der Waals surface area (Å²) in [6.45, 7) is 1.06. The summed E-state index contributed by atoms with van der Waals surface area (Å²) in [6, 6.07) is 9.61. The minimum absolute atomic E-state index is 0.112. The average Bonchev–Trinajstić information content (AvgIpc) is 2.93. The average molecular weight is 409 g/mol. The standard InChI is InChI=1S/C20H16ClF3N2O2/c21-16-8-5-13(12-3-6-14(7-4-12)20(22,23)24)11-15(16)17-18(27)25-9-1-2-10-26(25)19(17)28/h3-8,11,27H,1-2,9-10H2. The van der Waals surface area contributed by atoms with Crippen molar-refractivity contribution in [3.8, 4) is 28.1 Å². The number of alkyl halides is 3. The molecule has 0 fully saturated rings. The van der Waals surface area contributed by atoms with Gasteiger partial charge in [-0.3, -0.25) is 9.48 Å². The van der Waals surface area contributed by atoms with Crippen LogP contribution in [0.3, 0.4) is 0 Å². The highest BCUT2D eigenvalue weighted by atomic mass is 35.5. The molecule has 1 aromatic heterocycles. The van der Waals surface area contributed by atoms with E-state index in [1.54, 1.807) is 22.9 Å². The topological polar surface area (TPSA) is 47.2 Å². The van der Waals surface area contributed by atoms with Gasteiger partial charge in [0.25, 0.3) is 5.56 Å². The normalized spacial score (nSPS) is 14.1. The highest BCUT2D eigenvalue weighted by Gasteiger charge is 2.30. The van der Waals surface area contributed by atoms with Gasteiger partial charge in [0.2, 0.25) is 5.88 Å². The molecular formula is C20H16ClF3N2O2. The first-order chi connectivity index (χ1) is 13.3. The molecule has 146 valence electrons. The van der Waals surface area contributed by atoms with E-state index in [0.29, 0.717) is 29.8 Å². The lowest BCUT2D eigenvalue weighted by molar-refractivity contribution is -0.137. The maximum Gasteiger partial charge on any atom is 0.416 e. The van der Waals surface area contributed by atoms with E-state index in [1.807, 2.05) is 0 Å². The highest BCUT2D eigenvalue weighted by molar-refractivity contribution is 6.33. The second-order valence-electron chi connectivity index (χ2n) is 6.73. The van der Waals surface area contributed by atoms with E-state index in [-0.39, 0.29) is 22.0 Å². The minimum atomic E-state index is -4.41. The lowest BCUT2D eigenvalue weighted by Gasteiger charge is -2.16. The van der Waals surface area contributed by atoms with Gasteiger partial charge in [-0.1, -0.05) is 29.8 Å². The molecule has 8 heteroatoms. The fourth-order valence-corrected chi connectivity index (χ4v) is 3.75. The molecule has 4 rings (SSSR count). The molecule has 1 aliphatic heterocycles. The summed E-state index contributed by atoms with van der Waals surface area (Å²) in [4.78, 5) is 12.8. The Kier molecular flexibility index (Phi) is 4.50. The maximum atomic E-state index is 12.8. The highest BCUT2D eigenvalue weighted by Crippen LogP contribution is 2.37. The molecule has 4 nitrogen and oxygen atoms in total. The van der Waals surface area contributed by atoms with Gasteiger partial charge in [0.15, 0.2) is 0 Å². The van der Waals surface area contributed by atoms with Crippen LogP contribution in [0.25, 0.3) is 22.3 Å². The zero-order valence-corrected chi connectivity index (χ0v) is 15.4. The van der Waals surface area contributed by atoms with Crippen LogP contribution in [0.5, 0.6) is 5.88 Å². The predicted octanol–water partition coefficient (Wildman–Crippen LogP) is 5.16. The number of halogens is 4. The van der Waals surface area contributed by atoms with Crippen LogP contribution in [-0.4, -0.2) is 14.5 Å². The number of fused-ring (bicyclic) bond motifs is 1. The van der Waals surface area contributed by atoms with Crippen LogP contribution < -0.4 is 5.56 Å². The SMILES string of the molecule is O=c1c(-c2cc(-c3ccc(C(F)(F)F)cc3)ccc2Cl)c(O)n2n1CCCC2. The first-order valence-electron chi connectivity index (χ1n) is 8.77. The first kappa shape index (κ1) is 18.7. The third kappa shape index (κ3) is 3.09. The number of hydrogen-bond donors (Lipinski definition) is 1. The van der Waals surface area contributed by atoms with Crippen molar-refractivity contribution in [2.24, 2.45) is 0 Å². The van der Waals surface area contributed by atoms with Gasteiger partial charge in [-0.25, -0.2) is 4.68 Å². The van der Waals surface area contributed by atoms with Gasteiger partial charge in [-0.05, 0) is 48.2 Å². The van der Waals surface area contributed by atoms with Crippen LogP contribution >= 0.6 is 11.6 Å². The number of benzene rings is 2. The smallest absolute Gasteiger partial charge is 0.416 e. The molecule has 0 spiro atoms. The van der Waals surface area contributed by atoms with Crippen molar-refractivity contribution >= 4 is 11.6 Å². The van der Waals surface area contributed by atoms with Crippen molar-refractivity contribution < 1.29 is 18.3 Å². The Morgan fingerprint density at radius 3 is 2.14 bits per heavy atom. The fourth-order valence-electron chi connectivity index (χ4n) is 3.53. The van der Waals surface area contributed by atoms with E-state index < -0.39 is 11.7 Å². The van der Waals surface area contributed by atoms with Crippen LogP contribution in [0.4, 0.5) is 13.2 Å². The summed E-state index contributed by atoms with van der Waals surface area (Å²) in [6.07, 6.45) is -2.70. The molecule has 0 bridgehead atoms. The van der Waals surface area contributed by atoms with Crippen molar-refractivity contribution in [2.75, 3.05) is 0 Å². The molecule has 3 aromatic rings. The predicted molar refractivity (Wildman–Crippen MR) is 100 cm³/mol. The summed E-state index contributed by atoms with van der Waals surface area (Å²) in [5, 5.41) is 10.9. The zero-order valence-electron chi connectivity index (χ0n) is 14.6. The summed E-state index contributed by atoms with van der Waals surface area (Å²) in [5.74, 6) is -0.142. The van der Waals surface area contributed by atoms with E-state index in [4.69, 9.17) is 11.6 Å². The maximum absolute atomic E-state index is 12.8. The number of rotatable bonds is 2. The Hall–Kier alpha value is -2.67. The molecule has 0 radical (unpaired) electrons. The second kappa shape index (κ2) is 6.74. The van der Waals surface area contributed by atoms with Crippen molar-refractivity contribution in [2.45, 2.75) is 32.1 Å². The van der Waals surface area contributed by atoms with E-state index in [1.165, 1.54) is 16.8 Å². The van der Waals surface area contributed by atoms with E-state index >= 15 is 0 Å². The summed E-state index contributed by atoms with van der Waals surface area (Å²) >= 11 is 6.29. The molecular weight excluding hydrogens is 393 g/mol. The quantitative estimate of drug-likeness (QED) is 0.637.